The molecule has 1 aliphatic rings. The maximum atomic E-state index is 12.9. The van der Waals surface area contributed by atoms with Gasteiger partial charge in [-0.05, 0) is 35.8 Å². The van der Waals surface area contributed by atoms with Crippen LogP contribution in [0.4, 0.5) is 0 Å². The lowest BCUT2D eigenvalue weighted by Crippen LogP contribution is -2.40. The van der Waals surface area contributed by atoms with Gasteiger partial charge >= 0.3 is 5.97 Å². The molecule has 2 unspecified atom stereocenters. The fourth-order valence-electron chi connectivity index (χ4n) is 4.29. The summed E-state index contributed by atoms with van der Waals surface area (Å²) in [6.45, 7) is 8.02. The van der Waals surface area contributed by atoms with Crippen LogP contribution in [0.1, 0.15) is 37.8 Å². The summed E-state index contributed by atoms with van der Waals surface area (Å²) >= 11 is 0. The predicted molar refractivity (Wildman–Crippen MR) is 111 cm³/mol. The van der Waals surface area contributed by atoms with E-state index in [1.165, 1.54) is 6.42 Å². The summed E-state index contributed by atoms with van der Waals surface area (Å²) in [7, 11) is 0. The molecule has 4 heteroatoms. The molecule has 2 atom stereocenters. The number of ether oxygens (including phenoxy) is 1. The molecule has 150 valence electrons. The van der Waals surface area contributed by atoms with Gasteiger partial charge in [0, 0.05) is 19.6 Å². The van der Waals surface area contributed by atoms with Crippen molar-refractivity contribution < 1.29 is 14.6 Å². The molecule has 1 aliphatic heterocycles. The highest BCUT2D eigenvalue weighted by Gasteiger charge is 2.41. The van der Waals surface area contributed by atoms with Gasteiger partial charge in [-0.2, -0.15) is 0 Å². The average Bonchev–Trinajstić information content (AvgIpc) is 2.71. The standard InChI is InChI=1S/C24H31NO3/c1-19-16-20(2)18-25(17-19)14-9-15-28-23(26)24(27,21-10-5-3-6-11-21)22-12-7-4-8-13-22/h3-8,10-13,19-20,27H,9,14-18H2,1-2H3. The first-order chi connectivity index (χ1) is 13.5. The monoisotopic (exact) mass is 381 g/mol. The van der Waals surface area contributed by atoms with E-state index in [2.05, 4.69) is 18.7 Å². The Balaban J connectivity index is 1.63. The van der Waals surface area contributed by atoms with Gasteiger partial charge < -0.3 is 14.7 Å². The van der Waals surface area contributed by atoms with E-state index in [4.69, 9.17) is 4.74 Å². The van der Waals surface area contributed by atoms with Crippen LogP contribution in [-0.2, 0) is 15.1 Å². The fourth-order valence-corrected chi connectivity index (χ4v) is 4.29. The van der Waals surface area contributed by atoms with Crippen LogP contribution < -0.4 is 0 Å². The van der Waals surface area contributed by atoms with E-state index >= 15 is 0 Å². The molecule has 0 spiro atoms. The van der Waals surface area contributed by atoms with Crippen LogP contribution in [0.2, 0.25) is 0 Å². The smallest absolute Gasteiger partial charge is 0.347 e. The minimum Gasteiger partial charge on any atom is -0.463 e. The topological polar surface area (TPSA) is 49.8 Å². The number of nitrogens with zero attached hydrogens (tertiary/aromatic N) is 1. The lowest BCUT2D eigenvalue weighted by molar-refractivity contribution is -0.162. The van der Waals surface area contributed by atoms with Crippen molar-refractivity contribution in [1.82, 2.24) is 4.90 Å². The molecule has 0 aromatic heterocycles. The first-order valence-electron chi connectivity index (χ1n) is 10.2. The van der Waals surface area contributed by atoms with Crippen LogP contribution in [0.15, 0.2) is 60.7 Å². The van der Waals surface area contributed by atoms with Gasteiger partial charge in [-0.3, -0.25) is 0 Å². The van der Waals surface area contributed by atoms with Gasteiger partial charge in [0.25, 0.3) is 0 Å². The molecular formula is C24H31NO3. The molecule has 1 saturated heterocycles. The minimum absolute atomic E-state index is 0.306. The normalized spacial score (nSPS) is 20.7. The molecule has 2 aromatic carbocycles. The zero-order valence-electron chi connectivity index (χ0n) is 16.9. The maximum Gasteiger partial charge on any atom is 0.347 e. The minimum atomic E-state index is -1.79. The fraction of sp³-hybridized carbons (Fsp3) is 0.458. The van der Waals surface area contributed by atoms with E-state index in [0.717, 1.165) is 26.1 Å². The molecule has 0 saturated carbocycles. The Kier molecular flexibility index (Phi) is 6.87. The number of carbonyl (C=O) groups is 1. The molecule has 0 aliphatic carbocycles. The third kappa shape index (κ3) is 4.81. The third-order valence-electron chi connectivity index (χ3n) is 5.47. The average molecular weight is 382 g/mol. The van der Waals surface area contributed by atoms with Crippen molar-refractivity contribution in [2.45, 2.75) is 32.3 Å². The van der Waals surface area contributed by atoms with Crippen LogP contribution in [0.3, 0.4) is 0 Å². The predicted octanol–water partition coefficient (Wildman–Crippen LogP) is 3.83. The van der Waals surface area contributed by atoms with Gasteiger partial charge in [0.2, 0.25) is 5.60 Å². The van der Waals surface area contributed by atoms with Gasteiger partial charge in [0.1, 0.15) is 0 Å². The summed E-state index contributed by atoms with van der Waals surface area (Å²) in [5.41, 5.74) is -0.758. The number of benzene rings is 2. The third-order valence-corrected chi connectivity index (χ3v) is 5.47. The van der Waals surface area contributed by atoms with Crippen LogP contribution in [0.5, 0.6) is 0 Å². The molecule has 0 radical (unpaired) electrons. The molecule has 28 heavy (non-hydrogen) atoms. The largest absolute Gasteiger partial charge is 0.463 e. The number of carbonyl (C=O) groups excluding carboxylic acids is 1. The van der Waals surface area contributed by atoms with Crippen molar-refractivity contribution in [3.05, 3.63) is 71.8 Å². The van der Waals surface area contributed by atoms with Crippen LogP contribution in [-0.4, -0.2) is 42.2 Å². The maximum absolute atomic E-state index is 12.9. The van der Waals surface area contributed by atoms with Crippen molar-refractivity contribution in [1.29, 1.82) is 0 Å². The van der Waals surface area contributed by atoms with Crippen LogP contribution in [0.25, 0.3) is 0 Å². The molecular weight excluding hydrogens is 350 g/mol. The first-order valence-corrected chi connectivity index (χ1v) is 10.2. The lowest BCUT2D eigenvalue weighted by Gasteiger charge is -2.35. The number of hydrogen-bond acceptors (Lipinski definition) is 4. The number of esters is 1. The number of aliphatic hydroxyl groups is 1. The van der Waals surface area contributed by atoms with Crippen molar-refractivity contribution in [3.8, 4) is 0 Å². The second kappa shape index (κ2) is 9.35. The highest BCUT2D eigenvalue weighted by atomic mass is 16.5. The lowest BCUT2D eigenvalue weighted by atomic mass is 9.86. The van der Waals surface area contributed by atoms with E-state index in [1.54, 1.807) is 24.3 Å². The van der Waals surface area contributed by atoms with E-state index in [1.807, 2.05) is 36.4 Å². The van der Waals surface area contributed by atoms with Crippen molar-refractivity contribution >= 4 is 5.97 Å². The van der Waals surface area contributed by atoms with Crippen molar-refractivity contribution in [3.63, 3.8) is 0 Å². The number of piperidine rings is 1. The molecule has 1 N–H and O–H groups in total. The molecule has 2 aromatic rings. The molecule has 4 nitrogen and oxygen atoms in total. The molecule has 1 heterocycles. The second-order valence-corrected chi connectivity index (χ2v) is 8.14. The van der Waals surface area contributed by atoms with Crippen LogP contribution >= 0.6 is 0 Å². The summed E-state index contributed by atoms with van der Waals surface area (Å²) in [6.07, 6.45) is 2.05. The van der Waals surface area contributed by atoms with E-state index in [-0.39, 0.29) is 0 Å². The Labute approximate surface area is 168 Å². The van der Waals surface area contributed by atoms with Gasteiger partial charge in [-0.15, -0.1) is 0 Å². The summed E-state index contributed by atoms with van der Waals surface area (Å²) in [5, 5.41) is 11.4. The number of hydrogen-bond donors (Lipinski definition) is 1. The highest BCUT2D eigenvalue weighted by molar-refractivity contribution is 5.85. The summed E-state index contributed by atoms with van der Waals surface area (Å²) in [4.78, 5) is 15.4. The Bertz CT molecular complexity index is 697. The number of rotatable bonds is 7. The van der Waals surface area contributed by atoms with Gasteiger partial charge in [-0.1, -0.05) is 74.5 Å². The van der Waals surface area contributed by atoms with Gasteiger partial charge in [-0.25, -0.2) is 4.79 Å². The molecule has 3 rings (SSSR count). The quantitative estimate of drug-likeness (QED) is 0.585. The number of likely N-dealkylation sites (tertiary alicyclic amines) is 1. The van der Waals surface area contributed by atoms with E-state index < -0.39 is 11.6 Å². The zero-order chi connectivity index (χ0) is 20.0. The van der Waals surface area contributed by atoms with Crippen LogP contribution in [0, 0.1) is 11.8 Å². The Morgan fingerprint density at radius 1 is 1.00 bits per heavy atom. The van der Waals surface area contributed by atoms with Crippen molar-refractivity contribution in [2.75, 3.05) is 26.2 Å². The Morgan fingerprint density at radius 2 is 1.50 bits per heavy atom. The zero-order valence-corrected chi connectivity index (χ0v) is 16.9. The highest BCUT2D eigenvalue weighted by Crippen LogP contribution is 2.31. The summed E-state index contributed by atoms with van der Waals surface area (Å²) < 4.78 is 5.55. The second-order valence-electron chi connectivity index (χ2n) is 8.14. The Hall–Kier alpha value is -2.17. The SMILES string of the molecule is CC1CC(C)CN(CCCOC(=O)C(O)(c2ccccc2)c2ccccc2)C1. The first kappa shape index (κ1) is 20.6. The summed E-state index contributed by atoms with van der Waals surface area (Å²) in [6, 6.07) is 18.0. The molecule has 0 bridgehead atoms. The van der Waals surface area contributed by atoms with Gasteiger partial charge in [0.15, 0.2) is 0 Å². The molecule has 0 amide bonds. The van der Waals surface area contributed by atoms with Gasteiger partial charge in [0.05, 0.1) is 6.61 Å². The Morgan fingerprint density at radius 3 is 2.00 bits per heavy atom. The molecule has 1 fully saturated rings. The van der Waals surface area contributed by atoms with Crippen molar-refractivity contribution in [2.24, 2.45) is 11.8 Å². The van der Waals surface area contributed by atoms with E-state index in [0.29, 0.717) is 29.6 Å². The summed E-state index contributed by atoms with van der Waals surface area (Å²) in [5.74, 6) is 0.811. The van der Waals surface area contributed by atoms with E-state index in [9.17, 15) is 9.90 Å².